The maximum absolute atomic E-state index is 8.81. The van der Waals surface area contributed by atoms with Crippen molar-refractivity contribution in [3.63, 3.8) is 0 Å². The van der Waals surface area contributed by atoms with E-state index in [4.69, 9.17) is 6.11 Å². The van der Waals surface area contributed by atoms with E-state index >= 15 is 0 Å². The minimum Gasteiger partial charge on any atom is -0.375 e. The van der Waals surface area contributed by atoms with Gasteiger partial charge in [-0.25, -0.2) is 0 Å². The van der Waals surface area contributed by atoms with Crippen LogP contribution in [0.25, 0.3) is 0 Å². The quantitative estimate of drug-likeness (QED) is 0.663. The van der Waals surface area contributed by atoms with Crippen molar-refractivity contribution in [2.75, 3.05) is 19.7 Å². The van der Waals surface area contributed by atoms with Gasteiger partial charge in [0.1, 0.15) is 6.63 Å². The molecular weight excluding hydrogens is 219 g/mol. The van der Waals surface area contributed by atoms with Gasteiger partial charge < -0.3 is 9.55 Å². The first kappa shape index (κ1) is 13.1. The number of hydrogen-bond acceptors (Lipinski definition) is 2. The summed E-state index contributed by atoms with van der Waals surface area (Å²) in [7, 11) is 4.51. The van der Waals surface area contributed by atoms with Crippen LogP contribution < -0.4 is 0 Å². The fourth-order valence-electron chi connectivity index (χ4n) is 3.64. The lowest BCUT2D eigenvalue weighted by Gasteiger charge is -2.39. The van der Waals surface area contributed by atoms with Crippen molar-refractivity contribution in [2.24, 2.45) is 5.89 Å². The molecule has 1 saturated carbocycles. The molecule has 2 nitrogen and oxygen atoms in total. The minimum absolute atomic E-state index is 0.0782. The van der Waals surface area contributed by atoms with Crippen LogP contribution in [0.2, 0.25) is 0 Å². The lowest BCUT2D eigenvalue weighted by molar-refractivity contribution is -0.0939. The highest BCUT2D eigenvalue weighted by molar-refractivity contribution is 7.27. The maximum Gasteiger partial charge on any atom is 0.139 e. The zero-order valence-corrected chi connectivity index (χ0v) is 12.5. The fourth-order valence-corrected chi connectivity index (χ4v) is 3.64. The molecular formula is C13H28B3NO. The molecule has 1 atom stereocenters. The number of nitrogens with zero attached hydrogens (tertiary/aromatic N) is 1. The summed E-state index contributed by atoms with van der Waals surface area (Å²) in [6.07, 6.45) is 7.86. The molecule has 2 aliphatic rings. The van der Waals surface area contributed by atoms with Crippen LogP contribution in [0, 0.1) is 5.89 Å². The van der Waals surface area contributed by atoms with Crippen molar-refractivity contribution in [2.45, 2.75) is 57.5 Å². The van der Waals surface area contributed by atoms with Gasteiger partial charge in [0.15, 0.2) is 0 Å². The SMILES string of the molecule is [2H]C1(CCN(CC)B(B)B)CCOC2(CCCC2)C1. The van der Waals surface area contributed by atoms with Crippen LogP contribution in [0.3, 0.4) is 0 Å². The van der Waals surface area contributed by atoms with Gasteiger partial charge in [0, 0.05) is 7.98 Å². The van der Waals surface area contributed by atoms with E-state index in [1.807, 2.05) is 0 Å². The highest BCUT2D eigenvalue weighted by Gasteiger charge is 2.39. The molecule has 2 rings (SSSR count). The van der Waals surface area contributed by atoms with E-state index in [2.05, 4.69) is 27.2 Å². The van der Waals surface area contributed by atoms with Crippen molar-refractivity contribution >= 4 is 22.1 Å². The molecule has 2 fully saturated rings. The monoisotopic (exact) mass is 248 g/mol. The molecule has 0 radical (unpaired) electrons. The highest BCUT2D eigenvalue weighted by Crippen LogP contribution is 2.42. The van der Waals surface area contributed by atoms with E-state index in [9.17, 15) is 0 Å². The summed E-state index contributed by atoms with van der Waals surface area (Å²) in [6, 6.07) is 0. The first-order valence-electron chi connectivity index (χ1n) is 8.37. The summed E-state index contributed by atoms with van der Waals surface area (Å²) >= 11 is 0. The van der Waals surface area contributed by atoms with E-state index < -0.39 is 0 Å². The third-order valence-electron chi connectivity index (χ3n) is 4.84. The van der Waals surface area contributed by atoms with Gasteiger partial charge in [0.25, 0.3) is 0 Å². The third kappa shape index (κ3) is 3.57. The second-order valence-electron chi connectivity index (χ2n) is 6.39. The van der Waals surface area contributed by atoms with Crippen LogP contribution >= 0.6 is 0 Å². The van der Waals surface area contributed by atoms with E-state index in [1.54, 1.807) is 0 Å². The predicted molar refractivity (Wildman–Crippen MR) is 84.6 cm³/mol. The summed E-state index contributed by atoms with van der Waals surface area (Å²) in [6.45, 7) is 5.77. The predicted octanol–water partition coefficient (Wildman–Crippen LogP) is 0.689. The molecule has 1 aliphatic carbocycles. The molecule has 100 valence electrons. The van der Waals surface area contributed by atoms with E-state index in [0.717, 1.165) is 39.0 Å². The Morgan fingerprint density at radius 2 is 2.17 bits per heavy atom. The first-order chi connectivity index (χ1) is 8.99. The highest BCUT2D eigenvalue weighted by atomic mass is 16.5. The van der Waals surface area contributed by atoms with Crippen LogP contribution in [-0.2, 0) is 4.74 Å². The van der Waals surface area contributed by atoms with Crippen molar-refractivity contribution in [3.05, 3.63) is 0 Å². The average Bonchev–Trinajstić information content (AvgIpc) is 2.77. The number of rotatable bonds is 5. The topological polar surface area (TPSA) is 12.5 Å². The molecule has 0 bridgehead atoms. The van der Waals surface area contributed by atoms with Gasteiger partial charge in [-0.05, 0) is 51.1 Å². The van der Waals surface area contributed by atoms with Gasteiger partial charge in [-0.1, -0.05) is 19.8 Å². The Labute approximate surface area is 117 Å². The standard InChI is InChI=1S/C13H28B3NO/c1-2-17(16(14)15)9-5-12-6-10-18-13(11-12)7-3-4-8-13/h12H,2-11,14-15H2,1H3/i12D. The summed E-state index contributed by atoms with van der Waals surface area (Å²) in [5, 5.41) is 0. The summed E-state index contributed by atoms with van der Waals surface area (Å²) in [5.74, 6) is -0.245. The normalized spacial score (nSPS) is 31.8. The molecule has 0 aromatic carbocycles. The zero-order valence-electron chi connectivity index (χ0n) is 13.5. The van der Waals surface area contributed by atoms with Gasteiger partial charge in [0.05, 0.1) is 21.1 Å². The second-order valence-corrected chi connectivity index (χ2v) is 6.39. The molecule has 1 spiro atoms. The van der Waals surface area contributed by atoms with E-state index in [1.165, 1.54) is 25.7 Å². The molecule has 5 heteroatoms. The fraction of sp³-hybridized carbons (Fsp3) is 1.00. The van der Waals surface area contributed by atoms with Gasteiger partial charge in [-0.3, -0.25) is 0 Å². The minimum atomic E-state index is -0.245. The number of hydrogen-bond donors (Lipinski definition) is 0. The molecule has 1 aliphatic heterocycles. The Bertz CT molecular complexity index is 300. The second kappa shape index (κ2) is 6.52. The molecule has 18 heavy (non-hydrogen) atoms. The van der Waals surface area contributed by atoms with E-state index in [0.29, 0.717) is 6.63 Å². The maximum atomic E-state index is 8.81. The van der Waals surface area contributed by atoms with Crippen molar-refractivity contribution in [1.29, 1.82) is 0 Å². The third-order valence-corrected chi connectivity index (χ3v) is 4.84. The van der Waals surface area contributed by atoms with E-state index in [-0.39, 0.29) is 11.5 Å². The first-order valence-corrected chi connectivity index (χ1v) is 7.87. The van der Waals surface area contributed by atoms with Crippen LogP contribution in [-0.4, -0.2) is 52.2 Å². The van der Waals surface area contributed by atoms with Gasteiger partial charge >= 0.3 is 0 Å². The van der Waals surface area contributed by atoms with Crippen molar-refractivity contribution in [1.82, 2.24) is 4.81 Å². The van der Waals surface area contributed by atoms with Gasteiger partial charge in [0.2, 0.25) is 0 Å². The van der Waals surface area contributed by atoms with Crippen LogP contribution in [0.15, 0.2) is 0 Å². The largest absolute Gasteiger partial charge is 0.375 e. The molecule has 1 saturated heterocycles. The summed E-state index contributed by atoms with van der Waals surface area (Å²) < 4.78 is 14.9. The lowest BCUT2D eigenvalue weighted by Crippen LogP contribution is -2.43. The molecule has 1 heterocycles. The van der Waals surface area contributed by atoms with Gasteiger partial charge in [-0.15, -0.1) is 0 Å². The summed E-state index contributed by atoms with van der Waals surface area (Å²) in [4.78, 5) is 2.48. The molecule has 1 unspecified atom stereocenters. The summed E-state index contributed by atoms with van der Waals surface area (Å²) in [5.41, 5.74) is 0.0782. The molecule has 0 N–H and O–H groups in total. The Balaban J connectivity index is 1.90. The Morgan fingerprint density at radius 1 is 1.44 bits per heavy atom. The molecule has 0 aromatic heterocycles. The molecule has 0 aromatic rings. The Kier molecular flexibility index (Phi) is 4.75. The van der Waals surface area contributed by atoms with Crippen LogP contribution in [0.5, 0.6) is 0 Å². The smallest absolute Gasteiger partial charge is 0.139 e. The van der Waals surface area contributed by atoms with Crippen molar-refractivity contribution in [3.8, 4) is 0 Å². The molecule has 0 amide bonds. The van der Waals surface area contributed by atoms with Crippen molar-refractivity contribution < 1.29 is 6.11 Å². The van der Waals surface area contributed by atoms with Crippen LogP contribution in [0.1, 0.15) is 53.2 Å². The van der Waals surface area contributed by atoms with Gasteiger partial charge in [-0.2, -0.15) is 0 Å². The Hall–Kier alpha value is 0.115. The average molecular weight is 248 g/mol. The lowest BCUT2D eigenvalue weighted by atomic mass is 9.26. The van der Waals surface area contributed by atoms with Crippen LogP contribution in [0.4, 0.5) is 0 Å². The zero-order chi connectivity index (χ0) is 13.9. The Morgan fingerprint density at radius 3 is 2.78 bits per heavy atom. The number of ether oxygens (including phenoxy) is 1.